The highest BCUT2D eigenvalue weighted by atomic mass is 32.1. The highest BCUT2D eigenvalue weighted by molar-refractivity contribution is 7.09. The first-order valence-electron chi connectivity index (χ1n) is 6.19. The monoisotopic (exact) mass is 279 g/mol. The van der Waals surface area contributed by atoms with Gasteiger partial charge in [0.1, 0.15) is 0 Å². The highest BCUT2D eigenvalue weighted by Gasteiger charge is 2.15. The van der Waals surface area contributed by atoms with E-state index in [1.807, 2.05) is 23.9 Å². The predicted molar refractivity (Wildman–Crippen MR) is 73.6 cm³/mol. The fraction of sp³-hybridized carbons (Fsp3) is 0.462. The molecule has 19 heavy (non-hydrogen) atoms. The fourth-order valence-corrected chi connectivity index (χ4v) is 2.77. The van der Waals surface area contributed by atoms with E-state index >= 15 is 0 Å². The van der Waals surface area contributed by atoms with Gasteiger partial charge in [0, 0.05) is 16.6 Å². The Bertz CT molecular complexity index is 601. The van der Waals surface area contributed by atoms with E-state index in [2.05, 4.69) is 17.0 Å². The standard InChI is InChI=1S/C13H17N3O2S/c1-4-12-14-10(7-19-12)6-16-9(3)11(5-13(17)18)8(2)15-16/h7H,4-6H2,1-3H3,(H,17,18). The summed E-state index contributed by atoms with van der Waals surface area (Å²) < 4.78 is 1.84. The van der Waals surface area contributed by atoms with Crippen molar-refractivity contribution in [2.24, 2.45) is 0 Å². The molecule has 0 aliphatic carbocycles. The van der Waals surface area contributed by atoms with E-state index in [0.29, 0.717) is 6.54 Å². The summed E-state index contributed by atoms with van der Waals surface area (Å²) in [7, 11) is 0. The van der Waals surface area contributed by atoms with E-state index < -0.39 is 5.97 Å². The Hall–Kier alpha value is -1.69. The van der Waals surface area contributed by atoms with Crippen molar-refractivity contribution in [2.45, 2.75) is 40.2 Å². The summed E-state index contributed by atoms with van der Waals surface area (Å²) in [5, 5.41) is 16.5. The van der Waals surface area contributed by atoms with Crippen LogP contribution in [0.2, 0.25) is 0 Å². The van der Waals surface area contributed by atoms with Crippen LogP contribution in [0, 0.1) is 13.8 Å². The molecule has 2 aromatic heterocycles. The number of aromatic nitrogens is 3. The summed E-state index contributed by atoms with van der Waals surface area (Å²) in [5.41, 5.74) is 3.48. The first-order chi connectivity index (χ1) is 9.01. The smallest absolute Gasteiger partial charge is 0.307 e. The van der Waals surface area contributed by atoms with E-state index in [9.17, 15) is 4.79 Å². The minimum Gasteiger partial charge on any atom is -0.481 e. The number of thiazole rings is 1. The number of hydrogen-bond acceptors (Lipinski definition) is 4. The van der Waals surface area contributed by atoms with E-state index in [4.69, 9.17) is 5.11 Å². The van der Waals surface area contributed by atoms with Crippen LogP contribution in [-0.4, -0.2) is 25.8 Å². The Balaban J connectivity index is 2.23. The largest absolute Gasteiger partial charge is 0.481 e. The zero-order chi connectivity index (χ0) is 14.0. The molecule has 0 radical (unpaired) electrons. The Morgan fingerprint density at radius 2 is 2.21 bits per heavy atom. The van der Waals surface area contributed by atoms with Gasteiger partial charge in [0.25, 0.3) is 0 Å². The fourth-order valence-electron chi connectivity index (χ4n) is 2.03. The summed E-state index contributed by atoms with van der Waals surface area (Å²) in [6.07, 6.45) is 0.959. The van der Waals surface area contributed by atoms with Crippen molar-refractivity contribution in [3.63, 3.8) is 0 Å². The van der Waals surface area contributed by atoms with Crippen molar-refractivity contribution >= 4 is 17.3 Å². The Kier molecular flexibility index (Phi) is 3.99. The van der Waals surface area contributed by atoms with Gasteiger partial charge in [-0.2, -0.15) is 5.10 Å². The van der Waals surface area contributed by atoms with Gasteiger partial charge < -0.3 is 5.11 Å². The molecule has 0 aromatic carbocycles. The second-order valence-electron chi connectivity index (χ2n) is 4.46. The van der Waals surface area contributed by atoms with Crippen molar-refractivity contribution in [1.82, 2.24) is 14.8 Å². The molecule has 2 heterocycles. The van der Waals surface area contributed by atoms with Gasteiger partial charge in [-0.25, -0.2) is 4.98 Å². The molecule has 102 valence electrons. The summed E-state index contributed by atoms with van der Waals surface area (Å²) in [6.45, 7) is 6.44. The van der Waals surface area contributed by atoms with E-state index in [1.165, 1.54) is 0 Å². The summed E-state index contributed by atoms with van der Waals surface area (Å²) in [5.74, 6) is -0.826. The minimum atomic E-state index is -0.826. The average Bonchev–Trinajstić information content (AvgIpc) is 2.90. The minimum absolute atomic E-state index is 0.0228. The molecule has 0 bridgehead atoms. The van der Waals surface area contributed by atoms with Crippen LogP contribution in [0.1, 0.15) is 34.6 Å². The second kappa shape index (κ2) is 5.52. The Labute approximate surface area is 115 Å². The van der Waals surface area contributed by atoms with E-state index in [1.54, 1.807) is 11.3 Å². The second-order valence-corrected chi connectivity index (χ2v) is 5.41. The SMILES string of the molecule is CCc1nc(Cn2nc(C)c(CC(=O)O)c2C)cs1. The predicted octanol–water partition coefficient (Wildman–Crippen LogP) is 2.19. The molecule has 0 atom stereocenters. The van der Waals surface area contributed by atoms with Gasteiger partial charge in [-0.1, -0.05) is 6.92 Å². The van der Waals surface area contributed by atoms with Gasteiger partial charge >= 0.3 is 5.97 Å². The number of carbonyl (C=O) groups is 1. The lowest BCUT2D eigenvalue weighted by Gasteiger charge is -2.02. The summed E-state index contributed by atoms with van der Waals surface area (Å²) >= 11 is 1.65. The maximum Gasteiger partial charge on any atom is 0.307 e. The molecule has 0 fully saturated rings. The molecule has 0 aliphatic heterocycles. The van der Waals surface area contributed by atoms with Gasteiger partial charge in [-0.3, -0.25) is 9.48 Å². The van der Waals surface area contributed by atoms with Crippen LogP contribution in [0.3, 0.4) is 0 Å². The zero-order valence-electron chi connectivity index (χ0n) is 11.3. The van der Waals surface area contributed by atoms with Crippen LogP contribution in [0.15, 0.2) is 5.38 Å². The first kappa shape index (κ1) is 13.7. The molecule has 2 rings (SSSR count). The number of aliphatic carboxylic acids is 1. The van der Waals surface area contributed by atoms with Crippen LogP contribution in [0.4, 0.5) is 0 Å². The maximum absolute atomic E-state index is 10.8. The maximum atomic E-state index is 10.8. The zero-order valence-corrected chi connectivity index (χ0v) is 12.1. The topological polar surface area (TPSA) is 68.0 Å². The van der Waals surface area contributed by atoms with Crippen molar-refractivity contribution in [2.75, 3.05) is 0 Å². The van der Waals surface area contributed by atoms with Crippen molar-refractivity contribution in [3.05, 3.63) is 33.0 Å². The molecule has 0 saturated heterocycles. The third-order valence-corrected chi connectivity index (χ3v) is 4.11. The molecular formula is C13H17N3O2S. The molecular weight excluding hydrogens is 262 g/mol. The van der Waals surface area contributed by atoms with Crippen molar-refractivity contribution < 1.29 is 9.90 Å². The quantitative estimate of drug-likeness (QED) is 0.911. The van der Waals surface area contributed by atoms with Gasteiger partial charge in [0.05, 0.1) is 29.4 Å². The summed E-state index contributed by atoms with van der Waals surface area (Å²) in [6, 6.07) is 0. The third-order valence-electron chi connectivity index (χ3n) is 3.07. The van der Waals surface area contributed by atoms with Crippen LogP contribution < -0.4 is 0 Å². The average molecular weight is 279 g/mol. The van der Waals surface area contributed by atoms with Gasteiger partial charge in [0.15, 0.2) is 0 Å². The number of carboxylic acid groups (broad SMARTS) is 1. The van der Waals surface area contributed by atoms with Crippen LogP contribution in [0.5, 0.6) is 0 Å². The molecule has 6 heteroatoms. The lowest BCUT2D eigenvalue weighted by molar-refractivity contribution is -0.136. The molecule has 0 saturated carbocycles. The molecule has 0 unspecified atom stereocenters. The number of aryl methyl sites for hydroxylation is 2. The lowest BCUT2D eigenvalue weighted by atomic mass is 10.1. The van der Waals surface area contributed by atoms with Crippen molar-refractivity contribution in [3.8, 4) is 0 Å². The molecule has 0 spiro atoms. The van der Waals surface area contributed by atoms with E-state index in [0.717, 1.165) is 34.1 Å². The normalized spacial score (nSPS) is 10.9. The molecule has 0 amide bonds. The highest BCUT2D eigenvalue weighted by Crippen LogP contribution is 2.17. The molecule has 1 N–H and O–H groups in total. The Morgan fingerprint density at radius 1 is 1.47 bits per heavy atom. The van der Waals surface area contributed by atoms with Crippen LogP contribution >= 0.6 is 11.3 Å². The third kappa shape index (κ3) is 3.01. The number of rotatable bonds is 5. The van der Waals surface area contributed by atoms with E-state index in [-0.39, 0.29) is 6.42 Å². The van der Waals surface area contributed by atoms with Crippen LogP contribution in [0.25, 0.3) is 0 Å². The number of carboxylic acids is 1. The molecule has 5 nitrogen and oxygen atoms in total. The van der Waals surface area contributed by atoms with Gasteiger partial charge in [0.2, 0.25) is 0 Å². The first-order valence-corrected chi connectivity index (χ1v) is 7.07. The number of nitrogens with zero attached hydrogens (tertiary/aromatic N) is 3. The number of hydrogen-bond donors (Lipinski definition) is 1. The Morgan fingerprint density at radius 3 is 2.79 bits per heavy atom. The van der Waals surface area contributed by atoms with Gasteiger partial charge in [-0.15, -0.1) is 11.3 Å². The van der Waals surface area contributed by atoms with Gasteiger partial charge in [-0.05, 0) is 20.3 Å². The summed E-state index contributed by atoms with van der Waals surface area (Å²) in [4.78, 5) is 15.3. The van der Waals surface area contributed by atoms with Crippen molar-refractivity contribution in [1.29, 1.82) is 0 Å². The lowest BCUT2D eigenvalue weighted by Crippen LogP contribution is -2.06. The molecule has 0 aliphatic rings. The van der Waals surface area contributed by atoms with Crippen LogP contribution in [-0.2, 0) is 24.2 Å². The molecule has 2 aromatic rings.